The highest BCUT2D eigenvalue weighted by Crippen LogP contribution is 2.12. The number of hydrogen-bond acceptors (Lipinski definition) is 5. The van der Waals surface area contributed by atoms with Gasteiger partial charge in [-0.1, -0.05) is 11.6 Å². The first-order chi connectivity index (χ1) is 12.1. The van der Waals surface area contributed by atoms with Crippen molar-refractivity contribution in [2.45, 2.75) is 25.8 Å². The molecule has 1 amide bonds. The van der Waals surface area contributed by atoms with E-state index < -0.39 is 0 Å². The van der Waals surface area contributed by atoms with Crippen molar-refractivity contribution in [2.24, 2.45) is 10.7 Å². The van der Waals surface area contributed by atoms with Crippen LogP contribution in [0.25, 0.3) is 0 Å². The first kappa shape index (κ1) is 19.1. The predicted octanol–water partition coefficient (Wildman–Crippen LogP) is 1.64. The zero-order valence-electron chi connectivity index (χ0n) is 14.3. The molecule has 1 saturated heterocycles. The zero-order valence-corrected chi connectivity index (χ0v) is 15.0. The molecule has 1 aliphatic heterocycles. The molecule has 138 valence electrons. The van der Waals surface area contributed by atoms with Crippen LogP contribution in [0, 0.1) is 0 Å². The van der Waals surface area contributed by atoms with Crippen molar-refractivity contribution in [2.75, 3.05) is 32.8 Å². The lowest BCUT2D eigenvalue weighted by Crippen LogP contribution is -2.48. The highest BCUT2D eigenvalue weighted by Gasteiger charge is 2.23. The molecule has 0 bridgehead atoms. The normalized spacial score (nSPS) is 15.8. The molecule has 0 unspecified atom stereocenters. The summed E-state index contributed by atoms with van der Waals surface area (Å²) >= 11 is 5.76. The van der Waals surface area contributed by atoms with Gasteiger partial charge < -0.3 is 25.4 Å². The Kier molecular flexibility index (Phi) is 7.59. The Morgan fingerprint density at radius 3 is 2.88 bits per heavy atom. The molecule has 0 spiro atoms. The lowest BCUT2D eigenvalue weighted by atomic mass is 10.1. The van der Waals surface area contributed by atoms with Crippen LogP contribution in [-0.2, 0) is 4.74 Å². The molecular weight excluding hydrogens is 346 g/mol. The fourth-order valence-electron chi connectivity index (χ4n) is 2.44. The minimum Gasteiger partial charge on any atom is -0.476 e. The number of nitrogens with two attached hydrogens (primary N) is 1. The Labute approximate surface area is 152 Å². The Bertz CT molecular complexity index is 574. The number of amides is 1. The van der Waals surface area contributed by atoms with E-state index in [1.54, 1.807) is 24.0 Å². The number of carbonyl (C=O) groups is 1. The number of nitrogens with zero attached hydrogens (tertiary/aromatic N) is 3. The van der Waals surface area contributed by atoms with Crippen molar-refractivity contribution in [3.05, 3.63) is 23.4 Å². The number of halogens is 1. The second kappa shape index (κ2) is 9.93. The van der Waals surface area contributed by atoms with Crippen molar-refractivity contribution < 1.29 is 14.3 Å². The SMILES string of the molecule is CCOC(=O)N1CCC(NC(N)=NCCOc2ccc(Cl)cn2)CC1. The maximum absolute atomic E-state index is 11.6. The van der Waals surface area contributed by atoms with E-state index in [1.165, 1.54) is 6.20 Å². The number of hydrogen-bond donors (Lipinski definition) is 2. The summed E-state index contributed by atoms with van der Waals surface area (Å²) in [6, 6.07) is 3.62. The number of aromatic nitrogens is 1. The van der Waals surface area contributed by atoms with Crippen LogP contribution in [0.3, 0.4) is 0 Å². The third kappa shape index (κ3) is 6.66. The summed E-state index contributed by atoms with van der Waals surface area (Å²) in [4.78, 5) is 21.6. The lowest BCUT2D eigenvalue weighted by molar-refractivity contribution is 0.0963. The highest BCUT2D eigenvalue weighted by molar-refractivity contribution is 6.30. The zero-order chi connectivity index (χ0) is 18.1. The fourth-order valence-corrected chi connectivity index (χ4v) is 2.55. The van der Waals surface area contributed by atoms with Gasteiger partial charge in [0.1, 0.15) is 6.61 Å². The molecule has 0 aliphatic carbocycles. The van der Waals surface area contributed by atoms with E-state index in [4.69, 9.17) is 26.8 Å². The molecule has 0 radical (unpaired) electrons. The third-order valence-corrected chi connectivity index (χ3v) is 3.92. The van der Waals surface area contributed by atoms with E-state index in [0.29, 0.717) is 49.7 Å². The minimum atomic E-state index is -0.254. The summed E-state index contributed by atoms with van der Waals surface area (Å²) < 4.78 is 10.4. The van der Waals surface area contributed by atoms with Crippen LogP contribution < -0.4 is 15.8 Å². The Balaban J connectivity index is 1.64. The maximum Gasteiger partial charge on any atom is 0.409 e. The van der Waals surface area contributed by atoms with Gasteiger partial charge in [0.2, 0.25) is 5.88 Å². The predicted molar refractivity (Wildman–Crippen MR) is 96.0 cm³/mol. The molecule has 2 rings (SSSR count). The van der Waals surface area contributed by atoms with E-state index in [1.807, 2.05) is 0 Å². The fraction of sp³-hybridized carbons (Fsp3) is 0.562. The number of carbonyl (C=O) groups excluding carboxylic acids is 1. The van der Waals surface area contributed by atoms with Crippen LogP contribution in [0.1, 0.15) is 19.8 Å². The maximum atomic E-state index is 11.6. The molecular formula is C16H24ClN5O3. The monoisotopic (exact) mass is 369 g/mol. The summed E-state index contributed by atoms with van der Waals surface area (Å²) in [5.74, 6) is 0.875. The van der Waals surface area contributed by atoms with Gasteiger partial charge in [-0.05, 0) is 25.8 Å². The van der Waals surface area contributed by atoms with Crippen LogP contribution in [0.2, 0.25) is 5.02 Å². The highest BCUT2D eigenvalue weighted by atomic mass is 35.5. The number of guanidine groups is 1. The van der Waals surface area contributed by atoms with Gasteiger partial charge in [-0.2, -0.15) is 0 Å². The van der Waals surface area contributed by atoms with Gasteiger partial charge in [0, 0.05) is 31.4 Å². The van der Waals surface area contributed by atoms with Gasteiger partial charge in [-0.25, -0.2) is 14.8 Å². The van der Waals surface area contributed by atoms with Crippen LogP contribution in [-0.4, -0.2) is 60.8 Å². The first-order valence-corrected chi connectivity index (χ1v) is 8.68. The van der Waals surface area contributed by atoms with Crippen molar-refractivity contribution in [3.8, 4) is 5.88 Å². The number of nitrogens with one attached hydrogen (secondary N) is 1. The Morgan fingerprint density at radius 1 is 1.48 bits per heavy atom. The van der Waals surface area contributed by atoms with Crippen LogP contribution >= 0.6 is 11.6 Å². The molecule has 9 heteroatoms. The minimum absolute atomic E-state index is 0.202. The van der Waals surface area contributed by atoms with Gasteiger partial charge in [0.25, 0.3) is 0 Å². The molecule has 1 aromatic heterocycles. The number of rotatable bonds is 6. The first-order valence-electron chi connectivity index (χ1n) is 8.31. The summed E-state index contributed by atoms with van der Waals surface area (Å²) in [5, 5.41) is 3.74. The molecule has 1 aliphatic rings. The number of pyridine rings is 1. The van der Waals surface area contributed by atoms with Gasteiger partial charge in [0.15, 0.2) is 5.96 Å². The lowest BCUT2D eigenvalue weighted by Gasteiger charge is -2.31. The Hall–Kier alpha value is -2.22. The number of aliphatic imine (C=N–C) groups is 1. The number of piperidine rings is 1. The molecule has 25 heavy (non-hydrogen) atoms. The van der Waals surface area contributed by atoms with Gasteiger partial charge in [0.05, 0.1) is 18.2 Å². The van der Waals surface area contributed by atoms with Crippen molar-refractivity contribution >= 4 is 23.7 Å². The van der Waals surface area contributed by atoms with E-state index in [2.05, 4.69) is 15.3 Å². The largest absolute Gasteiger partial charge is 0.476 e. The van der Waals surface area contributed by atoms with Crippen LogP contribution in [0.4, 0.5) is 4.79 Å². The quantitative estimate of drug-likeness (QED) is 0.449. The molecule has 3 N–H and O–H groups in total. The second-order valence-electron chi connectivity index (χ2n) is 5.53. The molecule has 0 aromatic carbocycles. The average molecular weight is 370 g/mol. The molecule has 8 nitrogen and oxygen atoms in total. The molecule has 1 aromatic rings. The van der Waals surface area contributed by atoms with E-state index in [9.17, 15) is 4.79 Å². The van der Waals surface area contributed by atoms with Crippen molar-refractivity contribution in [3.63, 3.8) is 0 Å². The molecule has 2 heterocycles. The standard InChI is InChI=1S/C16H24ClN5O3/c1-2-24-16(23)22-8-5-13(6-9-22)21-15(18)19-7-10-25-14-4-3-12(17)11-20-14/h3-4,11,13H,2,5-10H2,1H3,(H3,18,19,21). The summed E-state index contributed by atoms with van der Waals surface area (Å²) in [6.07, 6.45) is 2.88. The smallest absolute Gasteiger partial charge is 0.409 e. The van der Waals surface area contributed by atoms with E-state index >= 15 is 0 Å². The van der Waals surface area contributed by atoms with Crippen molar-refractivity contribution in [1.29, 1.82) is 0 Å². The summed E-state index contributed by atoms with van der Waals surface area (Å²) in [7, 11) is 0. The third-order valence-electron chi connectivity index (χ3n) is 3.70. The van der Waals surface area contributed by atoms with Gasteiger partial charge >= 0.3 is 6.09 Å². The average Bonchev–Trinajstić information content (AvgIpc) is 2.61. The molecule has 1 fully saturated rings. The topological polar surface area (TPSA) is 102 Å². The molecule has 0 saturated carbocycles. The van der Waals surface area contributed by atoms with Crippen LogP contribution in [0.5, 0.6) is 5.88 Å². The second-order valence-corrected chi connectivity index (χ2v) is 5.97. The number of likely N-dealkylation sites (tertiary alicyclic amines) is 1. The molecule has 0 atom stereocenters. The van der Waals surface area contributed by atoms with Gasteiger partial charge in [-0.15, -0.1) is 0 Å². The summed E-state index contributed by atoms with van der Waals surface area (Å²) in [6.45, 7) is 4.29. The van der Waals surface area contributed by atoms with Gasteiger partial charge in [-0.3, -0.25) is 0 Å². The Morgan fingerprint density at radius 2 is 2.24 bits per heavy atom. The van der Waals surface area contributed by atoms with E-state index in [0.717, 1.165) is 12.8 Å². The summed E-state index contributed by atoms with van der Waals surface area (Å²) in [5.41, 5.74) is 5.89. The van der Waals surface area contributed by atoms with Crippen molar-refractivity contribution in [1.82, 2.24) is 15.2 Å². The van der Waals surface area contributed by atoms with Crippen LogP contribution in [0.15, 0.2) is 23.3 Å². The number of ether oxygens (including phenoxy) is 2. The van der Waals surface area contributed by atoms with E-state index in [-0.39, 0.29) is 12.1 Å².